The molecule has 3 aliphatic heterocycles. The Morgan fingerprint density at radius 2 is 1.95 bits per heavy atom. The molecule has 4 rings (SSSR count). The lowest BCUT2D eigenvalue weighted by molar-refractivity contribution is -0.152. The van der Waals surface area contributed by atoms with E-state index >= 15 is 0 Å². The van der Waals surface area contributed by atoms with E-state index in [2.05, 4.69) is 34.4 Å². The number of likely N-dealkylation sites (tertiary alicyclic amines) is 1. The number of carbonyl (C=O) groups excluding carboxylic acids is 4. The molecule has 3 saturated heterocycles. The van der Waals surface area contributed by atoms with Crippen molar-refractivity contribution in [2.45, 2.75) is 74.2 Å². The Balaban J connectivity index is 1.66. The van der Waals surface area contributed by atoms with Crippen molar-refractivity contribution in [3.8, 4) is 0 Å². The van der Waals surface area contributed by atoms with E-state index in [1.807, 2.05) is 51.1 Å². The molecule has 2 bridgehead atoms. The summed E-state index contributed by atoms with van der Waals surface area (Å²) in [5.74, 6) is -3.38. The molecule has 1 aromatic carbocycles. The van der Waals surface area contributed by atoms with Crippen LogP contribution in [0.25, 0.3) is 0 Å². The molecule has 3 fully saturated rings. The van der Waals surface area contributed by atoms with Gasteiger partial charge in [-0.05, 0) is 39.2 Å². The van der Waals surface area contributed by atoms with E-state index in [0.29, 0.717) is 12.8 Å². The zero-order valence-corrected chi connectivity index (χ0v) is 26.6. The number of halogens is 1. The molecular formula is C32H42BrN3O7. The first-order valence-electron chi connectivity index (χ1n) is 14.7. The van der Waals surface area contributed by atoms with E-state index in [1.54, 1.807) is 17.1 Å². The second kappa shape index (κ2) is 13.3. The third-order valence-corrected chi connectivity index (χ3v) is 9.38. The van der Waals surface area contributed by atoms with E-state index in [1.165, 1.54) is 4.90 Å². The average molecular weight is 661 g/mol. The van der Waals surface area contributed by atoms with Crippen molar-refractivity contribution in [3.05, 3.63) is 61.2 Å². The monoisotopic (exact) mass is 659 g/mol. The fourth-order valence-electron chi connectivity index (χ4n) is 6.67. The molecule has 1 aromatic rings. The maximum absolute atomic E-state index is 14.3. The van der Waals surface area contributed by atoms with Crippen LogP contribution in [0.1, 0.15) is 51.6 Å². The minimum atomic E-state index is -1.26. The summed E-state index contributed by atoms with van der Waals surface area (Å²) in [5, 5.41) is 12.9. The normalized spacial score (nSPS) is 28.3. The Morgan fingerprint density at radius 3 is 2.56 bits per heavy atom. The molecule has 1 spiro atoms. The zero-order chi connectivity index (χ0) is 31.5. The highest BCUT2D eigenvalue weighted by molar-refractivity contribution is 9.09. The molecule has 0 saturated carbocycles. The Labute approximate surface area is 261 Å². The third-order valence-electron chi connectivity index (χ3n) is 8.54. The number of nitrogens with one attached hydrogen (secondary N) is 1. The van der Waals surface area contributed by atoms with Gasteiger partial charge in [-0.25, -0.2) is 0 Å². The molecule has 0 radical (unpaired) electrons. The fraction of sp³-hybridized carbons (Fsp3) is 0.562. The molecule has 11 heteroatoms. The molecule has 3 amide bonds. The van der Waals surface area contributed by atoms with E-state index in [-0.39, 0.29) is 43.5 Å². The van der Waals surface area contributed by atoms with Gasteiger partial charge in [0.2, 0.25) is 17.7 Å². The minimum absolute atomic E-state index is 0.0673. The second-order valence-electron chi connectivity index (χ2n) is 12.3. The number of β-amino-alcohol motifs (C(OH)–C–C–N with tert-alkyl or cyclic N) is 1. The van der Waals surface area contributed by atoms with Gasteiger partial charge in [0.05, 0.1) is 30.6 Å². The predicted octanol–water partition coefficient (Wildman–Crippen LogP) is 2.91. The molecule has 10 nitrogen and oxygen atoms in total. The fourth-order valence-corrected chi connectivity index (χ4v) is 7.61. The standard InChI is InChI=1S/C32H42BrN3O7/c1-6-8-14-23(38)42-19-22(20-12-10-9-11-13-20)34-28(39)24-25-29(40)35(16-17-37)27(32(25)18-21(33)26(24)43-32)30(41)36(15-7-2)31(3,4)5/h6-7,9-13,21-22,24-27,37H,1-2,8,14-19H2,3-5H3,(H,34,39)/t21?,22-,24-,25+,26-,27-,32+/m0/s1. The Hall–Kier alpha value is -3.02. The van der Waals surface area contributed by atoms with Gasteiger partial charge >= 0.3 is 5.97 Å². The van der Waals surface area contributed by atoms with Crippen LogP contribution < -0.4 is 5.32 Å². The summed E-state index contributed by atoms with van der Waals surface area (Å²) in [6.07, 6.45) is 3.62. The summed E-state index contributed by atoms with van der Waals surface area (Å²) >= 11 is 3.68. The van der Waals surface area contributed by atoms with Crippen LogP contribution in [-0.4, -0.2) is 93.0 Å². The number of aliphatic hydroxyl groups is 1. The molecule has 3 heterocycles. The van der Waals surface area contributed by atoms with Gasteiger partial charge in [-0.1, -0.05) is 58.4 Å². The van der Waals surface area contributed by atoms with Gasteiger partial charge in [-0.3, -0.25) is 19.2 Å². The Bertz CT molecular complexity index is 1240. The minimum Gasteiger partial charge on any atom is -0.463 e. The maximum Gasteiger partial charge on any atom is 0.306 e. The van der Waals surface area contributed by atoms with Crippen molar-refractivity contribution < 1.29 is 33.8 Å². The second-order valence-corrected chi connectivity index (χ2v) is 13.5. The van der Waals surface area contributed by atoms with Crippen LogP contribution in [0.15, 0.2) is 55.6 Å². The molecule has 7 atom stereocenters. The largest absolute Gasteiger partial charge is 0.463 e. The van der Waals surface area contributed by atoms with Crippen LogP contribution in [0.2, 0.25) is 0 Å². The van der Waals surface area contributed by atoms with Gasteiger partial charge in [0.1, 0.15) is 18.2 Å². The summed E-state index contributed by atoms with van der Waals surface area (Å²) in [4.78, 5) is 57.5. The van der Waals surface area contributed by atoms with Gasteiger partial charge in [-0.15, -0.1) is 13.2 Å². The smallest absolute Gasteiger partial charge is 0.306 e. The highest BCUT2D eigenvalue weighted by Crippen LogP contribution is 2.60. The van der Waals surface area contributed by atoms with Crippen molar-refractivity contribution in [3.63, 3.8) is 0 Å². The molecule has 0 aromatic heterocycles. The SMILES string of the molecule is C=CCCC(=O)OC[C@H](NC(=O)[C@@H]1[C@H]2O[C@@]3(CC2Br)[C@H](C(=O)N(CC=C)C(C)(C)C)N(CCO)C(=O)[C@@H]13)c1ccccc1. The number of esters is 1. The lowest BCUT2D eigenvalue weighted by atomic mass is 9.70. The van der Waals surface area contributed by atoms with E-state index in [9.17, 15) is 24.3 Å². The first-order chi connectivity index (χ1) is 20.4. The molecular weight excluding hydrogens is 618 g/mol. The zero-order valence-electron chi connectivity index (χ0n) is 25.0. The molecule has 3 aliphatic rings. The maximum atomic E-state index is 14.3. The van der Waals surface area contributed by atoms with E-state index < -0.39 is 58.9 Å². The highest BCUT2D eigenvalue weighted by Gasteiger charge is 2.76. The van der Waals surface area contributed by atoms with E-state index in [0.717, 1.165) is 5.56 Å². The van der Waals surface area contributed by atoms with Crippen molar-refractivity contribution >= 4 is 39.6 Å². The van der Waals surface area contributed by atoms with Crippen LogP contribution in [0.4, 0.5) is 0 Å². The molecule has 2 N–H and O–H groups in total. The number of alkyl halides is 1. The van der Waals surface area contributed by atoms with Gasteiger partial charge in [0.15, 0.2) is 0 Å². The van der Waals surface area contributed by atoms with Gasteiger partial charge in [0, 0.05) is 29.9 Å². The summed E-state index contributed by atoms with van der Waals surface area (Å²) in [5.41, 5.74) is -1.10. The predicted molar refractivity (Wildman–Crippen MR) is 164 cm³/mol. The van der Waals surface area contributed by atoms with Crippen molar-refractivity contribution in [1.29, 1.82) is 0 Å². The Morgan fingerprint density at radius 1 is 1.26 bits per heavy atom. The topological polar surface area (TPSA) is 125 Å². The van der Waals surface area contributed by atoms with Crippen LogP contribution in [-0.2, 0) is 28.7 Å². The molecule has 234 valence electrons. The number of hydrogen-bond donors (Lipinski definition) is 2. The summed E-state index contributed by atoms with van der Waals surface area (Å²) in [6.45, 7) is 12.9. The summed E-state index contributed by atoms with van der Waals surface area (Å²) in [6, 6.07) is 7.46. The van der Waals surface area contributed by atoms with Gasteiger partial charge in [-0.2, -0.15) is 0 Å². The quantitative estimate of drug-likeness (QED) is 0.190. The van der Waals surface area contributed by atoms with Crippen LogP contribution in [0.3, 0.4) is 0 Å². The molecule has 1 unspecified atom stereocenters. The average Bonchev–Trinajstić information content (AvgIpc) is 3.55. The van der Waals surface area contributed by atoms with Crippen molar-refractivity contribution in [2.24, 2.45) is 11.8 Å². The molecule has 0 aliphatic carbocycles. The van der Waals surface area contributed by atoms with Crippen molar-refractivity contribution in [2.75, 3.05) is 26.3 Å². The van der Waals surface area contributed by atoms with Crippen LogP contribution in [0.5, 0.6) is 0 Å². The van der Waals surface area contributed by atoms with Gasteiger partial charge in [0.25, 0.3) is 0 Å². The summed E-state index contributed by atoms with van der Waals surface area (Å²) < 4.78 is 12.1. The number of rotatable bonds is 13. The van der Waals surface area contributed by atoms with Crippen LogP contribution >= 0.6 is 15.9 Å². The Kier molecular flexibility index (Phi) is 10.2. The first-order valence-corrected chi connectivity index (χ1v) is 15.6. The number of amides is 3. The lowest BCUT2D eigenvalue weighted by Gasteiger charge is -2.42. The number of ether oxygens (including phenoxy) is 2. The number of benzene rings is 1. The highest BCUT2D eigenvalue weighted by atomic mass is 79.9. The summed E-state index contributed by atoms with van der Waals surface area (Å²) in [7, 11) is 0. The van der Waals surface area contributed by atoms with Gasteiger partial charge < -0.3 is 29.7 Å². The first kappa shape index (κ1) is 32.9. The molecule has 43 heavy (non-hydrogen) atoms. The third kappa shape index (κ3) is 6.30. The number of fused-ring (bicyclic) bond motifs is 1. The van der Waals surface area contributed by atoms with Crippen LogP contribution in [0, 0.1) is 11.8 Å². The van der Waals surface area contributed by atoms with Crippen molar-refractivity contribution in [1.82, 2.24) is 15.1 Å². The number of nitrogens with zero attached hydrogens (tertiary/aromatic N) is 2. The number of aliphatic hydroxyl groups excluding tert-OH is 1. The van der Waals surface area contributed by atoms with E-state index in [4.69, 9.17) is 9.47 Å². The number of hydrogen-bond acceptors (Lipinski definition) is 7. The lowest BCUT2D eigenvalue weighted by Crippen LogP contribution is -2.60. The number of allylic oxidation sites excluding steroid dienone is 1. The number of carbonyl (C=O) groups is 4.